The Kier molecular flexibility index (Phi) is 7.21. The van der Waals surface area contributed by atoms with Gasteiger partial charge >= 0.3 is 0 Å². The van der Waals surface area contributed by atoms with Gasteiger partial charge in [-0.25, -0.2) is 0 Å². The smallest absolute Gasteiger partial charge is 0.166 e. The lowest BCUT2D eigenvalue weighted by molar-refractivity contribution is 0.410. The molecule has 0 aliphatic heterocycles. The zero-order valence-corrected chi connectivity index (χ0v) is 12.1. The number of hydrogen-bond acceptors (Lipinski definition) is 2. The van der Waals surface area contributed by atoms with Crippen molar-refractivity contribution < 1.29 is 0 Å². The maximum absolute atomic E-state index is 5.36. The Bertz CT molecular complexity index is 194. The van der Waals surface area contributed by atoms with Gasteiger partial charge in [-0.15, -0.1) is 0 Å². The molecule has 1 fully saturated rings. The maximum atomic E-state index is 5.36. The van der Waals surface area contributed by atoms with Gasteiger partial charge in [0.05, 0.1) is 0 Å². The molecular formula is C12H24N2S2. The normalized spacial score (nSPS) is 19.1. The van der Waals surface area contributed by atoms with Crippen molar-refractivity contribution >= 4 is 29.1 Å². The van der Waals surface area contributed by atoms with Crippen LogP contribution in [-0.4, -0.2) is 29.2 Å². The predicted octanol–water partition coefficient (Wildman–Crippen LogP) is 2.92. The van der Waals surface area contributed by atoms with Crippen LogP contribution in [0.1, 0.15) is 45.4 Å². The summed E-state index contributed by atoms with van der Waals surface area (Å²) in [7, 11) is 0. The highest BCUT2D eigenvalue weighted by Crippen LogP contribution is 2.17. The second-order valence-corrected chi connectivity index (χ2v) is 5.83. The summed E-state index contributed by atoms with van der Waals surface area (Å²) >= 11 is 7.23. The quantitative estimate of drug-likeness (QED) is 0.742. The molecule has 1 aliphatic rings. The summed E-state index contributed by atoms with van der Waals surface area (Å²) in [5.74, 6) is 1.13. The van der Waals surface area contributed by atoms with Crippen LogP contribution in [0.3, 0.4) is 0 Å². The average Bonchev–Trinajstić information content (AvgIpc) is 2.29. The van der Waals surface area contributed by atoms with E-state index >= 15 is 0 Å². The molecule has 4 heteroatoms. The number of nitrogens with one attached hydrogen (secondary N) is 2. The van der Waals surface area contributed by atoms with E-state index in [0.717, 1.165) is 17.3 Å². The minimum absolute atomic E-state index is 0.513. The summed E-state index contributed by atoms with van der Waals surface area (Å²) in [5.41, 5.74) is 0. The SMILES string of the molecule is CCC(CSC)NC(=S)NC1CCCCC1. The third kappa shape index (κ3) is 5.39. The second kappa shape index (κ2) is 8.18. The van der Waals surface area contributed by atoms with Crippen molar-refractivity contribution in [3.63, 3.8) is 0 Å². The Morgan fingerprint density at radius 2 is 2.06 bits per heavy atom. The van der Waals surface area contributed by atoms with Crippen molar-refractivity contribution in [3.05, 3.63) is 0 Å². The molecule has 0 saturated heterocycles. The first-order valence-electron chi connectivity index (χ1n) is 6.32. The molecule has 1 rings (SSSR count). The largest absolute Gasteiger partial charge is 0.360 e. The summed E-state index contributed by atoms with van der Waals surface area (Å²) < 4.78 is 0. The minimum Gasteiger partial charge on any atom is -0.360 e. The van der Waals surface area contributed by atoms with Crippen molar-refractivity contribution in [3.8, 4) is 0 Å². The van der Waals surface area contributed by atoms with E-state index in [1.807, 2.05) is 11.8 Å². The molecule has 94 valence electrons. The van der Waals surface area contributed by atoms with Crippen LogP contribution in [0.4, 0.5) is 0 Å². The van der Waals surface area contributed by atoms with E-state index < -0.39 is 0 Å². The van der Waals surface area contributed by atoms with Crippen molar-refractivity contribution in [2.75, 3.05) is 12.0 Å². The number of hydrogen-bond donors (Lipinski definition) is 2. The maximum Gasteiger partial charge on any atom is 0.166 e. The number of thiocarbonyl (C=S) groups is 1. The average molecular weight is 260 g/mol. The lowest BCUT2D eigenvalue weighted by Crippen LogP contribution is -2.47. The predicted molar refractivity (Wildman–Crippen MR) is 78.2 cm³/mol. The van der Waals surface area contributed by atoms with Gasteiger partial charge in [0.1, 0.15) is 0 Å². The molecule has 1 atom stereocenters. The van der Waals surface area contributed by atoms with Crippen LogP contribution in [0.15, 0.2) is 0 Å². The fourth-order valence-electron chi connectivity index (χ4n) is 2.12. The van der Waals surface area contributed by atoms with Crippen LogP contribution in [-0.2, 0) is 0 Å². The Morgan fingerprint density at radius 3 is 2.62 bits per heavy atom. The van der Waals surface area contributed by atoms with E-state index in [-0.39, 0.29) is 0 Å². The molecule has 0 bridgehead atoms. The first-order chi connectivity index (χ1) is 7.76. The molecule has 0 amide bonds. The van der Waals surface area contributed by atoms with Crippen molar-refractivity contribution in [2.45, 2.75) is 57.5 Å². The Hall–Kier alpha value is 0.0400. The van der Waals surface area contributed by atoms with Crippen molar-refractivity contribution in [2.24, 2.45) is 0 Å². The summed E-state index contributed by atoms with van der Waals surface area (Å²) in [5, 5.41) is 7.72. The van der Waals surface area contributed by atoms with E-state index in [0.29, 0.717) is 12.1 Å². The van der Waals surface area contributed by atoms with Gasteiger partial charge in [-0.2, -0.15) is 11.8 Å². The first-order valence-corrected chi connectivity index (χ1v) is 8.12. The van der Waals surface area contributed by atoms with Crippen molar-refractivity contribution in [1.82, 2.24) is 10.6 Å². The van der Waals surface area contributed by atoms with Gasteiger partial charge in [0.2, 0.25) is 0 Å². The zero-order chi connectivity index (χ0) is 11.8. The molecule has 1 aliphatic carbocycles. The van der Waals surface area contributed by atoms with Gasteiger partial charge < -0.3 is 10.6 Å². The van der Waals surface area contributed by atoms with Crippen LogP contribution in [0.2, 0.25) is 0 Å². The fourth-order valence-corrected chi connectivity index (χ4v) is 3.18. The van der Waals surface area contributed by atoms with Gasteiger partial charge in [-0.3, -0.25) is 0 Å². The standard InChI is InChI=1S/C12H24N2S2/c1-3-10(9-16-2)13-12(15)14-11-7-5-4-6-8-11/h10-11H,3-9H2,1-2H3,(H2,13,14,15). The molecule has 0 spiro atoms. The zero-order valence-electron chi connectivity index (χ0n) is 10.4. The first kappa shape index (κ1) is 14.1. The number of rotatable bonds is 5. The van der Waals surface area contributed by atoms with E-state index in [4.69, 9.17) is 12.2 Å². The Morgan fingerprint density at radius 1 is 1.38 bits per heavy atom. The summed E-state index contributed by atoms with van der Waals surface area (Å²) in [6.07, 6.45) is 9.92. The molecule has 0 aromatic rings. The molecule has 0 aromatic carbocycles. The van der Waals surface area contributed by atoms with Gasteiger partial charge in [-0.05, 0) is 37.7 Å². The van der Waals surface area contributed by atoms with Crippen LogP contribution in [0.25, 0.3) is 0 Å². The molecular weight excluding hydrogens is 236 g/mol. The van der Waals surface area contributed by atoms with E-state index in [1.165, 1.54) is 32.1 Å². The highest BCUT2D eigenvalue weighted by Gasteiger charge is 2.15. The van der Waals surface area contributed by atoms with Crippen LogP contribution in [0, 0.1) is 0 Å². The van der Waals surface area contributed by atoms with Gasteiger partial charge in [0, 0.05) is 17.8 Å². The molecule has 0 heterocycles. The molecule has 16 heavy (non-hydrogen) atoms. The lowest BCUT2D eigenvalue weighted by Gasteiger charge is -2.26. The molecule has 2 nitrogen and oxygen atoms in total. The van der Waals surface area contributed by atoms with Gasteiger partial charge in [0.25, 0.3) is 0 Å². The summed E-state index contributed by atoms with van der Waals surface area (Å²) in [6, 6.07) is 1.12. The summed E-state index contributed by atoms with van der Waals surface area (Å²) in [6.45, 7) is 2.21. The molecule has 1 saturated carbocycles. The molecule has 2 N–H and O–H groups in total. The van der Waals surface area contributed by atoms with Crippen molar-refractivity contribution in [1.29, 1.82) is 0 Å². The summed E-state index contributed by atoms with van der Waals surface area (Å²) in [4.78, 5) is 0. The monoisotopic (exact) mass is 260 g/mol. The van der Waals surface area contributed by atoms with Gasteiger partial charge in [0.15, 0.2) is 5.11 Å². The van der Waals surface area contributed by atoms with Crippen LogP contribution < -0.4 is 10.6 Å². The molecule has 0 radical (unpaired) electrons. The second-order valence-electron chi connectivity index (χ2n) is 4.51. The van der Waals surface area contributed by atoms with Crippen LogP contribution in [0.5, 0.6) is 0 Å². The fraction of sp³-hybridized carbons (Fsp3) is 0.917. The lowest BCUT2D eigenvalue weighted by atomic mass is 9.96. The minimum atomic E-state index is 0.513. The van der Waals surface area contributed by atoms with E-state index in [9.17, 15) is 0 Å². The van der Waals surface area contributed by atoms with E-state index in [2.05, 4.69) is 23.8 Å². The third-order valence-corrected chi connectivity index (χ3v) is 4.11. The number of thioether (sulfide) groups is 1. The topological polar surface area (TPSA) is 24.1 Å². The molecule has 1 unspecified atom stereocenters. The van der Waals surface area contributed by atoms with Gasteiger partial charge in [-0.1, -0.05) is 26.2 Å². The highest BCUT2D eigenvalue weighted by atomic mass is 32.2. The molecule has 0 aromatic heterocycles. The highest BCUT2D eigenvalue weighted by molar-refractivity contribution is 7.98. The Labute approximate surface area is 109 Å². The third-order valence-electron chi connectivity index (χ3n) is 3.14. The van der Waals surface area contributed by atoms with Crippen LogP contribution >= 0.6 is 24.0 Å². The Balaban J connectivity index is 2.22. The van der Waals surface area contributed by atoms with E-state index in [1.54, 1.807) is 0 Å².